The van der Waals surface area contributed by atoms with Crippen LogP contribution in [-0.2, 0) is 11.3 Å². The molecule has 1 saturated heterocycles. The van der Waals surface area contributed by atoms with Crippen LogP contribution in [0.4, 0.5) is 5.69 Å². The molecule has 1 aliphatic heterocycles. The first-order valence-electron chi connectivity index (χ1n) is 10.8. The summed E-state index contributed by atoms with van der Waals surface area (Å²) in [6, 6.07) is 14.8. The van der Waals surface area contributed by atoms with Crippen LogP contribution in [0.2, 0.25) is 0 Å². The van der Waals surface area contributed by atoms with E-state index in [-0.39, 0.29) is 11.9 Å². The minimum atomic E-state index is 0.0601. The van der Waals surface area contributed by atoms with E-state index in [9.17, 15) is 4.79 Å². The van der Waals surface area contributed by atoms with Gasteiger partial charge in [0.2, 0.25) is 5.91 Å². The molecule has 0 aromatic heterocycles. The van der Waals surface area contributed by atoms with Gasteiger partial charge >= 0.3 is 0 Å². The van der Waals surface area contributed by atoms with Crippen LogP contribution in [0.25, 0.3) is 0 Å². The fourth-order valence-electron chi connectivity index (χ4n) is 4.23. The molecule has 5 nitrogen and oxygen atoms in total. The highest BCUT2D eigenvalue weighted by Crippen LogP contribution is 2.34. The smallest absolute Gasteiger partial charge is 0.224 e. The normalized spacial score (nSPS) is 15.3. The second-order valence-electron chi connectivity index (χ2n) is 8.33. The number of hydrogen-bond donors (Lipinski definition) is 0. The van der Waals surface area contributed by atoms with E-state index in [0.717, 1.165) is 38.2 Å². The second kappa shape index (κ2) is 9.98. The molecule has 0 aliphatic carbocycles. The van der Waals surface area contributed by atoms with Crippen LogP contribution >= 0.6 is 0 Å². The van der Waals surface area contributed by atoms with Gasteiger partial charge in [-0.2, -0.15) is 0 Å². The molecule has 0 radical (unpaired) electrons. The molecule has 1 fully saturated rings. The highest BCUT2D eigenvalue weighted by molar-refractivity contribution is 5.92. The van der Waals surface area contributed by atoms with Gasteiger partial charge in [-0.15, -0.1) is 0 Å². The predicted molar refractivity (Wildman–Crippen MR) is 122 cm³/mol. The zero-order valence-corrected chi connectivity index (χ0v) is 18.9. The highest BCUT2D eigenvalue weighted by atomic mass is 16.5. The number of piperidine rings is 1. The fraction of sp³-hybridized carbons (Fsp3) is 0.480. The van der Waals surface area contributed by atoms with Gasteiger partial charge < -0.3 is 14.4 Å². The molecule has 1 aliphatic rings. The first kappa shape index (κ1) is 22.2. The Hall–Kier alpha value is -2.53. The van der Waals surface area contributed by atoms with Crippen molar-refractivity contribution in [3.8, 4) is 11.5 Å². The number of carbonyl (C=O) groups excluding carboxylic acids is 1. The van der Waals surface area contributed by atoms with Crippen molar-refractivity contribution >= 4 is 11.6 Å². The third-order valence-corrected chi connectivity index (χ3v) is 5.96. The summed E-state index contributed by atoms with van der Waals surface area (Å²) in [6.45, 7) is 9.00. The summed E-state index contributed by atoms with van der Waals surface area (Å²) in [5, 5.41) is 0. The molecule has 1 heterocycles. The van der Waals surface area contributed by atoms with Gasteiger partial charge in [-0.1, -0.05) is 38.1 Å². The van der Waals surface area contributed by atoms with E-state index in [2.05, 4.69) is 43.0 Å². The van der Waals surface area contributed by atoms with Crippen LogP contribution in [0.5, 0.6) is 11.5 Å². The first-order valence-corrected chi connectivity index (χ1v) is 10.8. The largest absolute Gasteiger partial charge is 0.493 e. The van der Waals surface area contributed by atoms with Crippen LogP contribution in [-0.4, -0.2) is 44.2 Å². The summed E-state index contributed by atoms with van der Waals surface area (Å²) in [4.78, 5) is 16.9. The summed E-state index contributed by atoms with van der Waals surface area (Å²) >= 11 is 0. The Labute approximate surface area is 180 Å². The summed E-state index contributed by atoms with van der Waals surface area (Å²) in [5.74, 6) is 1.93. The van der Waals surface area contributed by atoms with Crippen LogP contribution in [0.15, 0.2) is 42.5 Å². The third-order valence-electron chi connectivity index (χ3n) is 5.96. The topological polar surface area (TPSA) is 42.0 Å². The zero-order valence-electron chi connectivity index (χ0n) is 18.9. The maximum Gasteiger partial charge on any atom is 0.224 e. The van der Waals surface area contributed by atoms with Crippen molar-refractivity contribution in [1.82, 2.24) is 4.90 Å². The Morgan fingerprint density at radius 3 is 2.20 bits per heavy atom. The molecule has 0 saturated carbocycles. The van der Waals surface area contributed by atoms with Gasteiger partial charge in [0.15, 0.2) is 11.5 Å². The lowest BCUT2D eigenvalue weighted by atomic mass is 9.99. The van der Waals surface area contributed by atoms with Gasteiger partial charge in [0.25, 0.3) is 0 Å². The van der Waals surface area contributed by atoms with Crippen LogP contribution in [0, 0.1) is 0 Å². The van der Waals surface area contributed by atoms with E-state index >= 15 is 0 Å². The second-order valence-corrected chi connectivity index (χ2v) is 8.33. The first-order chi connectivity index (χ1) is 14.4. The Morgan fingerprint density at radius 2 is 1.67 bits per heavy atom. The maximum absolute atomic E-state index is 12.5. The van der Waals surface area contributed by atoms with Crippen molar-refractivity contribution in [1.29, 1.82) is 0 Å². The number of hydrogen-bond acceptors (Lipinski definition) is 4. The quantitative estimate of drug-likeness (QED) is 0.655. The lowest BCUT2D eigenvalue weighted by Crippen LogP contribution is -2.46. The van der Waals surface area contributed by atoms with Gasteiger partial charge in [0.05, 0.1) is 14.2 Å². The number of methoxy groups -OCH3 is 2. The molecule has 30 heavy (non-hydrogen) atoms. The number of anilines is 1. The lowest BCUT2D eigenvalue weighted by Gasteiger charge is -2.38. The van der Waals surface area contributed by atoms with Crippen molar-refractivity contribution < 1.29 is 14.3 Å². The molecule has 0 spiro atoms. The van der Waals surface area contributed by atoms with E-state index in [1.165, 1.54) is 11.1 Å². The average Bonchev–Trinajstić information content (AvgIpc) is 2.75. The van der Waals surface area contributed by atoms with E-state index in [0.29, 0.717) is 17.4 Å². The monoisotopic (exact) mass is 410 g/mol. The Bertz CT molecular complexity index is 840. The van der Waals surface area contributed by atoms with Crippen LogP contribution in [0.3, 0.4) is 0 Å². The Kier molecular flexibility index (Phi) is 7.38. The number of rotatable bonds is 7. The van der Waals surface area contributed by atoms with Crippen molar-refractivity contribution in [3.63, 3.8) is 0 Å². The van der Waals surface area contributed by atoms with Gasteiger partial charge in [0.1, 0.15) is 0 Å². The molecule has 0 bridgehead atoms. The number of benzene rings is 2. The van der Waals surface area contributed by atoms with E-state index < -0.39 is 0 Å². The van der Waals surface area contributed by atoms with Gasteiger partial charge in [-0.05, 0) is 42.0 Å². The molecule has 0 atom stereocenters. The zero-order chi connectivity index (χ0) is 21.7. The minimum Gasteiger partial charge on any atom is -0.493 e. The minimum absolute atomic E-state index is 0.0601. The Morgan fingerprint density at radius 1 is 1.03 bits per heavy atom. The number of nitrogens with zero attached hydrogens (tertiary/aromatic N) is 2. The van der Waals surface area contributed by atoms with Crippen molar-refractivity contribution in [3.05, 3.63) is 53.6 Å². The maximum atomic E-state index is 12.5. The summed E-state index contributed by atoms with van der Waals surface area (Å²) in [6.07, 6.45) is 1.91. The third kappa shape index (κ3) is 5.14. The van der Waals surface area contributed by atoms with E-state index in [1.807, 2.05) is 23.1 Å². The summed E-state index contributed by atoms with van der Waals surface area (Å²) in [5.41, 5.74) is 3.59. The predicted octanol–water partition coefficient (Wildman–Crippen LogP) is 4.84. The Balaban J connectivity index is 1.65. The van der Waals surface area contributed by atoms with Crippen molar-refractivity contribution in [2.45, 2.75) is 52.1 Å². The number of ether oxygens (including phenoxy) is 2. The molecule has 5 heteroatoms. The summed E-state index contributed by atoms with van der Waals surface area (Å²) in [7, 11) is 3.23. The average molecular weight is 411 g/mol. The molecule has 3 rings (SSSR count). The van der Waals surface area contributed by atoms with E-state index in [1.54, 1.807) is 21.1 Å². The number of amides is 1. The highest BCUT2D eigenvalue weighted by Gasteiger charge is 2.28. The molecule has 2 aromatic carbocycles. The molecule has 2 aromatic rings. The number of carbonyl (C=O) groups is 1. The molecule has 1 amide bonds. The van der Waals surface area contributed by atoms with Crippen molar-refractivity contribution in [2.75, 3.05) is 32.2 Å². The van der Waals surface area contributed by atoms with Crippen LogP contribution < -0.4 is 14.4 Å². The van der Waals surface area contributed by atoms with E-state index in [4.69, 9.17) is 9.47 Å². The summed E-state index contributed by atoms with van der Waals surface area (Å²) < 4.78 is 10.8. The standard InChI is InChI=1S/C25H34N2O3/c1-18(2)21-8-6-20(7-9-21)17-26-14-12-22(13-15-26)27(19(3)28)23-10-11-24(29-4)25(16-23)30-5/h6-11,16,18,22H,12-15,17H2,1-5H3. The molecule has 0 N–H and O–H groups in total. The molecular weight excluding hydrogens is 376 g/mol. The molecule has 0 unspecified atom stereocenters. The lowest BCUT2D eigenvalue weighted by molar-refractivity contribution is -0.117. The molecule has 162 valence electrons. The van der Waals surface area contributed by atoms with Crippen molar-refractivity contribution in [2.24, 2.45) is 0 Å². The molecular formula is C25H34N2O3. The number of likely N-dealkylation sites (tertiary alicyclic amines) is 1. The van der Waals surface area contributed by atoms with Crippen LogP contribution in [0.1, 0.15) is 50.7 Å². The van der Waals surface area contributed by atoms with Gasteiger partial charge in [-0.3, -0.25) is 9.69 Å². The van der Waals surface area contributed by atoms with Gasteiger partial charge in [0, 0.05) is 44.4 Å². The SMILES string of the molecule is COc1ccc(N(C(C)=O)C2CCN(Cc3ccc(C(C)C)cc3)CC2)cc1OC. The fourth-order valence-corrected chi connectivity index (χ4v) is 4.23. The van der Waals surface area contributed by atoms with Gasteiger partial charge in [-0.25, -0.2) is 0 Å².